The number of rotatable bonds is 5. The number of fused-ring (bicyclic) bond motifs is 3. The van der Waals surface area contributed by atoms with E-state index in [-0.39, 0.29) is 0 Å². The molecule has 0 saturated carbocycles. The number of carboxylic acids is 1. The van der Waals surface area contributed by atoms with Crippen LogP contribution < -0.4 is 5.32 Å². The Morgan fingerprint density at radius 2 is 1.74 bits per heavy atom. The predicted octanol–water partition coefficient (Wildman–Crippen LogP) is 4.59. The Morgan fingerprint density at radius 3 is 2.22 bits per heavy atom. The van der Waals surface area contributed by atoms with Gasteiger partial charge in [-0.25, -0.2) is 4.79 Å². The van der Waals surface area contributed by atoms with Crippen LogP contribution in [0.15, 0.2) is 54.6 Å². The van der Waals surface area contributed by atoms with E-state index in [1.54, 1.807) is 0 Å². The first-order chi connectivity index (χ1) is 13.2. The molecule has 0 amide bonds. The summed E-state index contributed by atoms with van der Waals surface area (Å²) in [7, 11) is 0. The van der Waals surface area contributed by atoms with E-state index in [4.69, 9.17) is 0 Å². The van der Waals surface area contributed by atoms with Crippen LogP contribution in [0.5, 0.6) is 0 Å². The van der Waals surface area contributed by atoms with Gasteiger partial charge in [0.05, 0.1) is 0 Å². The van der Waals surface area contributed by atoms with E-state index >= 15 is 0 Å². The molecule has 4 nitrogen and oxygen atoms in total. The minimum atomic E-state index is -0.881. The average Bonchev–Trinajstić information content (AvgIpc) is 2.74. The van der Waals surface area contributed by atoms with E-state index in [9.17, 15) is 9.90 Å². The van der Waals surface area contributed by atoms with Gasteiger partial charge in [-0.05, 0) is 74.5 Å². The zero-order valence-electron chi connectivity index (χ0n) is 16.1. The number of carboxylic acid groups (broad SMARTS) is 1. The summed E-state index contributed by atoms with van der Waals surface area (Å²) in [5.74, 6) is 0.230. The molecular weight excluding hydrogens is 336 g/mol. The molecule has 3 fully saturated rings. The number of hydrogen-bond acceptors (Lipinski definition) is 3. The van der Waals surface area contributed by atoms with Crippen molar-refractivity contribution >= 4 is 11.7 Å². The number of nitrogens with one attached hydrogen (secondary N) is 1. The van der Waals surface area contributed by atoms with Crippen LogP contribution in [0.1, 0.15) is 43.4 Å². The van der Waals surface area contributed by atoms with Crippen molar-refractivity contribution in [1.29, 1.82) is 0 Å². The molecule has 0 radical (unpaired) electrons. The maximum atomic E-state index is 11.4. The van der Waals surface area contributed by atoms with Gasteiger partial charge in [-0.1, -0.05) is 49.4 Å². The molecule has 3 heterocycles. The monoisotopic (exact) mass is 366 g/mol. The van der Waals surface area contributed by atoms with Crippen molar-refractivity contribution in [2.45, 2.75) is 38.6 Å². The molecule has 5 rings (SSSR count). The summed E-state index contributed by atoms with van der Waals surface area (Å²) < 4.78 is 0. The summed E-state index contributed by atoms with van der Waals surface area (Å²) in [6, 6.07) is 16.3. The Morgan fingerprint density at radius 1 is 1.07 bits per heavy atom. The Bertz CT molecular complexity index is 701. The fraction of sp³-hybridized carbons (Fsp3) is 0.435. The van der Waals surface area contributed by atoms with Crippen LogP contribution in [0.2, 0.25) is 0 Å². The smallest absolute Gasteiger partial charge is 0.330 e. The van der Waals surface area contributed by atoms with Crippen LogP contribution in [0.3, 0.4) is 0 Å². The van der Waals surface area contributed by atoms with Crippen LogP contribution in [-0.2, 0) is 11.2 Å². The third-order valence-corrected chi connectivity index (χ3v) is 5.59. The van der Waals surface area contributed by atoms with E-state index in [0.717, 1.165) is 23.6 Å². The van der Waals surface area contributed by atoms with Gasteiger partial charge in [0.2, 0.25) is 0 Å². The second-order valence-corrected chi connectivity index (χ2v) is 7.45. The first kappa shape index (κ1) is 19.4. The fourth-order valence-corrected chi connectivity index (χ4v) is 3.84. The molecule has 0 spiro atoms. The van der Waals surface area contributed by atoms with Crippen molar-refractivity contribution in [1.82, 2.24) is 4.90 Å². The highest BCUT2D eigenvalue weighted by Gasteiger charge is 2.24. The molecule has 144 valence electrons. The standard InChI is InChI=1S/C16H17NO2.C7H13N/c1-2-12-7-6-10-14(11-12)17-15(16(18)19)13-8-4-3-5-9-13;1-4-8-5-2-7(1)3-6-8/h3-11,15,17H,2H2,1H3,(H,18,19);7H,1-6H2. The molecule has 3 aliphatic rings. The molecule has 0 aromatic heterocycles. The Labute approximate surface area is 162 Å². The maximum absolute atomic E-state index is 11.4. The Hall–Kier alpha value is -2.33. The first-order valence-electron chi connectivity index (χ1n) is 10.0. The normalized spacial score (nSPS) is 21.7. The SMILES string of the molecule is C1CN2CCC1CC2.CCc1cccc(NC(C(=O)O)c2ccccc2)c1. The van der Waals surface area contributed by atoms with Gasteiger partial charge in [0.25, 0.3) is 0 Å². The molecule has 2 N–H and O–H groups in total. The van der Waals surface area contributed by atoms with Gasteiger partial charge in [-0.2, -0.15) is 0 Å². The molecule has 1 unspecified atom stereocenters. The van der Waals surface area contributed by atoms with Gasteiger partial charge in [0, 0.05) is 5.69 Å². The van der Waals surface area contributed by atoms with Crippen molar-refractivity contribution in [3.05, 3.63) is 65.7 Å². The van der Waals surface area contributed by atoms with Crippen LogP contribution in [0, 0.1) is 5.92 Å². The second-order valence-electron chi connectivity index (χ2n) is 7.45. The highest BCUT2D eigenvalue weighted by molar-refractivity contribution is 5.79. The lowest BCUT2D eigenvalue weighted by atomic mass is 9.89. The number of benzene rings is 2. The van der Waals surface area contributed by atoms with Crippen molar-refractivity contribution in [3.63, 3.8) is 0 Å². The number of anilines is 1. The third-order valence-electron chi connectivity index (χ3n) is 5.59. The highest BCUT2D eigenvalue weighted by atomic mass is 16.4. The second kappa shape index (κ2) is 9.56. The van der Waals surface area contributed by atoms with Crippen LogP contribution in [0.25, 0.3) is 0 Å². The lowest BCUT2D eigenvalue weighted by Gasteiger charge is -2.38. The zero-order chi connectivity index (χ0) is 19.1. The van der Waals surface area contributed by atoms with Gasteiger partial charge in [0.15, 0.2) is 6.04 Å². The minimum Gasteiger partial charge on any atom is -0.479 e. The molecule has 0 aliphatic carbocycles. The zero-order valence-corrected chi connectivity index (χ0v) is 16.1. The lowest BCUT2D eigenvalue weighted by Crippen LogP contribution is -2.41. The van der Waals surface area contributed by atoms with Crippen LogP contribution in [0.4, 0.5) is 5.69 Å². The molecular formula is C23H30N2O2. The maximum Gasteiger partial charge on any atom is 0.330 e. The molecule has 3 saturated heterocycles. The van der Waals surface area contributed by atoms with Crippen LogP contribution >= 0.6 is 0 Å². The van der Waals surface area contributed by atoms with E-state index in [1.807, 2.05) is 54.6 Å². The summed E-state index contributed by atoms with van der Waals surface area (Å²) >= 11 is 0. The average molecular weight is 367 g/mol. The molecule has 4 heteroatoms. The molecule has 2 aromatic rings. The van der Waals surface area contributed by atoms with Gasteiger partial charge in [-0.3, -0.25) is 0 Å². The molecule has 2 aromatic carbocycles. The van der Waals surface area contributed by atoms with Gasteiger partial charge in [-0.15, -0.1) is 0 Å². The fourth-order valence-electron chi connectivity index (χ4n) is 3.84. The van der Waals surface area contributed by atoms with E-state index in [0.29, 0.717) is 0 Å². The molecule has 2 bridgehead atoms. The number of piperidine rings is 3. The van der Waals surface area contributed by atoms with Gasteiger partial charge >= 0.3 is 5.97 Å². The summed E-state index contributed by atoms with van der Waals surface area (Å²) in [5, 5.41) is 12.4. The predicted molar refractivity (Wildman–Crippen MR) is 110 cm³/mol. The topological polar surface area (TPSA) is 52.6 Å². The largest absolute Gasteiger partial charge is 0.479 e. The van der Waals surface area contributed by atoms with Gasteiger partial charge < -0.3 is 15.3 Å². The van der Waals surface area contributed by atoms with Crippen molar-refractivity contribution < 1.29 is 9.90 Å². The van der Waals surface area contributed by atoms with Gasteiger partial charge in [0.1, 0.15) is 0 Å². The van der Waals surface area contributed by atoms with E-state index < -0.39 is 12.0 Å². The van der Waals surface area contributed by atoms with Crippen molar-refractivity contribution in [2.24, 2.45) is 5.92 Å². The molecule has 1 atom stereocenters. The molecule has 27 heavy (non-hydrogen) atoms. The first-order valence-corrected chi connectivity index (χ1v) is 10.0. The van der Waals surface area contributed by atoms with E-state index in [1.165, 1.54) is 44.5 Å². The number of hydrogen-bond donors (Lipinski definition) is 2. The van der Waals surface area contributed by atoms with Crippen LogP contribution in [-0.4, -0.2) is 35.6 Å². The summed E-state index contributed by atoms with van der Waals surface area (Å²) in [4.78, 5) is 14.0. The quantitative estimate of drug-likeness (QED) is 0.813. The number of carbonyl (C=O) groups is 1. The number of aryl methyl sites for hydroxylation is 1. The summed E-state index contributed by atoms with van der Waals surface area (Å²) in [6.45, 7) is 6.25. The number of nitrogens with zero attached hydrogens (tertiary/aromatic N) is 1. The number of aliphatic carboxylic acids is 1. The summed E-state index contributed by atoms with van der Waals surface area (Å²) in [6.07, 6.45) is 5.39. The summed E-state index contributed by atoms with van der Waals surface area (Å²) in [5.41, 5.74) is 2.76. The Balaban J connectivity index is 0.000000216. The minimum absolute atomic E-state index is 0.728. The van der Waals surface area contributed by atoms with Crippen molar-refractivity contribution in [3.8, 4) is 0 Å². The lowest BCUT2D eigenvalue weighted by molar-refractivity contribution is -0.138. The van der Waals surface area contributed by atoms with E-state index in [2.05, 4.69) is 17.1 Å². The highest BCUT2D eigenvalue weighted by Crippen LogP contribution is 2.26. The Kier molecular flexibility index (Phi) is 6.88. The van der Waals surface area contributed by atoms with Crippen molar-refractivity contribution in [2.75, 3.05) is 25.0 Å². The third kappa shape index (κ3) is 5.57. The molecule has 3 aliphatic heterocycles.